The second kappa shape index (κ2) is 9.52. The maximum Gasteiger partial charge on any atom is 0.319 e. The van der Waals surface area contributed by atoms with E-state index in [1.54, 1.807) is 42.5 Å². The molecule has 1 saturated heterocycles. The summed E-state index contributed by atoms with van der Waals surface area (Å²) in [5.74, 6) is 0.644. The zero-order valence-electron chi connectivity index (χ0n) is 15.0. The molecule has 1 aliphatic rings. The van der Waals surface area contributed by atoms with Gasteiger partial charge in [-0.2, -0.15) is 0 Å². The molecule has 3 N–H and O–H groups in total. The van der Waals surface area contributed by atoms with Crippen LogP contribution in [0.1, 0.15) is 0 Å². The van der Waals surface area contributed by atoms with Crippen LogP contribution in [0.15, 0.2) is 42.5 Å². The molecule has 3 amide bonds. The van der Waals surface area contributed by atoms with Gasteiger partial charge in [0.25, 0.3) is 0 Å². The highest BCUT2D eigenvalue weighted by atomic mass is 35.5. The summed E-state index contributed by atoms with van der Waals surface area (Å²) in [6.45, 7) is 2.19. The Labute approximate surface area is 172 Å². The van der Waals surface area contributed by atoms with Gasteiger partial charge in [-0.25, -0.2) is 4.79 Å². The standard InChI is InChI=1S/C19H20Cl2N4O3/c20-13-1-4-15(5-2-13)28-10-8-23-19(27)24-14-3-6-17(16(21)11-14)25-9-7-22-18(26)12-25/h1-6,11H,7-10,12H2,(H,22,26)(H2,23,24,27). The van der Waals surface area contributed by atoms with Crippen molar-refractivity contribution in [1.29, 1.82) is 0 Å². The second-order valence-electron chi connectivity index (χ2n) is 6.12. The van der Waals surface area contributed by atoms with Gasteiger partial charge in [0.1, 0.15) is 12.4 Å². The molecule has 1 aliphatic heterocycles. The Morgan fingerprint density at radius 1 is 1.18 bits per heavy atom. The predicted octanol–water partition coefficient (Wildman–Crippen LogP) is 3.13. The maximum absolute atomic E-state index is 12.0. The maximum atomic E-state index is 12.0. The van der Waals surface area contributed by atoms with Crippen molar-refractivity contribution in [2.24, 2.45) is 0 Å². The molecule has 7 nitrogen and oxygen atoms in total. The highest BCUT2D eigenvalue weighted by Crippen LogP contribution is 2.29. The lowest BCUT2D eigenvalue weighted by atomic mass is 10.2. The highest BCUT2D eigenvalue weighted by molar-refractivity contribution is 6.33. The number of anilines is 2. The van der Waals surface area contributed by atoms with Crippen LogP contribution in [0.5, 0.6) is 5.75 Å². The van der Waals surface area contributed by atoms with E-state index in [1.807, 2.05) is 4.90 Å². The van der Waals surface area contributed by atoms with Crippen LogP contribution in [-0.2, 0) is 4.79 Å². The molecule has 3 rings (SSSR count). The summed E-state index contributed by atoms with van der Waals surface area (Å²) in [5, 5.41) is 9.31. The van der Waals surface area contributed by atoms with Gasteiger partial charge in [0.05, 0.1) is 23.8 Å². The van der Waals surface area contributed by atoms with Gasteiger partial charge in [0.2, 0.25) is 5.91 Å². The summed E-state index contributed by atoms with van der Waals surface area (Å²) in [6.07, 6.45) is 0. The minimum Gasteiger partial charge on any atom is -0.492 e. The average Bonchev–Trinajstić information content (AvgIpc) is 2.67. The van der Waals surface area contributed by atoms with Gasteiger partial charge >= 0.3 is 6.03 Å². The van der Waals surface area contributed by atoms with E-state index < -0.39 is 0 Å². The Morgan fingerprint density at radius 3 is 2.68 bits per heavy atom. The minimum atomic E-state index is -0.360. The smallest absolute Gasteiger partial charge is 0.319 e. The number of rotatable bonds is 6. The normalized spacial score (nSPS) is 13.6. The van der Waals surface area contributed by atoms with E-state index in [1.165, 1.54) is 0 Å². The summed E-state index contributed by atoms with van der Waals surface area (Å²) in [4.78, 5) is 25.4. The molecule has 0 spiro atoms. The number of carbonyl (C=O) groups excluding carboxylic acids is 2. The van der Waals surface area contributed by atoms with E-state index in [2.05, 4.69) is 16.0 Å². The van der Waals surface area contributed by atoms with Crippen LogP contribution in [-0.4, -0.2) is 44.7 Å². The third-order valence-electron chi connectivity index (χ3n) is 4.05. The van der Waals surface area contributed by atoms with Gasteiger partial charge < -0.3 is 25.6 Å². The van der Waals surface area contributed by atoms with Crippen LogP contribution in [0.2, 0.25) is 10.0 Å². The second-order valence-corrected chi connectivity index (χ2v) is 6.96. The third-order valence-corrected chi connectivity index (χ3v) is 4.61. The molecule has 1 heterocycles. The summed E-state index contributed by atoms with van der Waals surface area (Å²) in [6, 6.07) is 11.8. The molecular formula is C19H20Cl2N4O3. The number of nitrogens with zero attached hydrogens (tertiary/aromatic N) is 1. The van der Waals surface area contributed by atoms with Crippen molar-refractivity contribution >= 4 is 46.5 Å². The van der Waals surface area contributed by atoms with Gasteiger partial charge in [0, 0.05) is 23.8 Å². The fraction of sp³-hybridized carbons (Fsp3) is 0.263. The molecule has 1 fully saturated rings. The minimum absolute atomic E-state index is 0.0373. The number of hydrogen-bond donors (Lipinski definition) is 3. The van der Waals surface area contributed by atoms with Crippen molar-refractivity contribution in [2.75, 3.05) is 43.0 Å². The zero-order valence-corrected chi connectivity index (χ0v) is 16.5. The van der Waals surface area contributed by atoms with E-state index in [0.717, 1.165) is 5.69 Å². The Balaban J connectivity index is 1.45. The van der Waals surface area contributed by atoms with E-state index in [9.17, 15) is 9.59 Å². The first kappa shape index (κ1) is 20.1. The van der Waals surface area contributed by atoms with Crippen molar-refractivity contribution in [3.63, 3.8) is 0 Å². The molecule has 0 unspecified atom stereocenters. The fourth-order valence-electron chi connectivity index (χ4n) is 2.72. The van der Waals surface area contributed by atoms with Crippen LogP contribution < -0.4 is 25.6 Å². The topological polar surface area (TPSA) is 82.7 Å². The van der Waals surface area contributed by atoms with Crippen molar-refractivity contribution < 1.29 is 14.3 Å². The van der Waals surface area contributed by atoms with Gasteiger partial charge in [-0.05, 0) is 42.5 Å². The van der Waals surface area contributed by atoms with Crippen molar-refractivity contribution in [1.82, 2.24) is 10.6 Å². The molecule has 0 saturated carbocycles. The number of benzene rings is 2. The Kier molecular flexibility index (Phi) is 6.84. The van der Waals surface area contributed by atoms with Gasteiger partial charge in [-0.1, -0.05) is 23.2 Å². The number of piperazine rings is 1. The molecule has 0 bridgehead atoms. The largest absolute Gasteiger partial charge is 0.492 e. The van der Waals surface area contributed by atoms with E-state index in [4.69, 9.17) is 27.9 Å². The molecule has 148 valence electrons. The van der Waals surface area contributed by atoms with Crippen LogP contribution in [0, 0.1) is 0 Å². The number of urea groups is 1. The molecule has 2 aromatic rings. The molecule has 9 heteroatoms. The Hall–Kier alpha value is -2.64. The number of hydrogen-bond acceptors (Lipinski definition) is 4. The van der Waals surface area contributed by atoms with E-state index >= 15 is 0 Å². The average molecular weight is 423 g/mol. The summed E-state index contributed by atoms with van der Waals surface area (Å²) < 4.78 is 5.51. The van der Waals surface area contributed by atoms with Crippen LogP contribution in [0.25, 0.3) is 0 Å². The van der Waals surface area contributed by atoms with Gasteiger partial charge in [0.15, 0.2) is 0 Å². The Bertz CT molecular complexity index is 846. The van der Waals surface area contributed by atoms with Crippen molar-refractivity contribution in [3.05, 3.63) is 52.5 Å². The van der Waals surface area contributed by atoms with Crippen LogP contribution in [0.3, 0.4) is 0 Å². The molecule has 0 atom stereocenters. The number of ether oxygens (including phenoxy) is 1. The quantitative estimate of drug-likeness (QED) is 0.624. The first-order chi connectivity index (χ1) is 13.5. The molecule has 2 aromatic carbocycles. The highest BCUT2D eigenvalue weighted by Gasteiger charge is 2.18. The summed E-state index contributed by atoms with van der Waals surface area (Å²) in [5.41, 5.74) is 1.32. The molecule has 0 aliphatic carbocycles. The molecule has 0 radical (unpaired) electrons. The van der Waals surface area contributed by atoms with Crippen LogP contribution >= 0.6 is 23.2 Å². The van der Waals surface area contributed by atoms with Gasteiger partial charge in [-0.15, -0.1) is 0 Å². The number of nitrogens with one attached hydrogen (secondary N) is 3. The first-order valence-electron chi connectivity index (χ1n) is 8.76. The van der Waals surface area contributed by atoms with E-state index in [0.29, 0.717) is 47.7 Å². The van der Waals surface area contributed by atoms with E-state index in [-0.39, 0.29) is 18.5 Å². The molecule has 0 aromatic heterocycles. The lowest BCUT2D eigenvalue weighted by Gasteiger charge is -2.29. The Morgan fingerprint density at radius 2 is 1.96 bits per heavy atom. The van der Waals surface area contributed by atoms with Gasteiger partial charge in [-0.3, -0.25) is 4.79 Å². The van der Waals surface area contributed by atoms with Crippen LogP contribution in [0.4, 0.5) is 16.2 Å². The lowest BCUT2D eigenvalue weighted by Crippen LogP contribution is -2.47. The number of halogens is 2. The fourth-order valence-corrected chi connectivity index (χ4v) is 3.15. The third kappa shape index (κ3) is 5.68. The number of amides is 3. The van der Waals surface area contributed by atoms with Crippen molar-refractivity contribution in [3.8, 4) is 5.75 Å². The summed E-state index contributed by atoms with van der Waals surface area (Å²) >= 11 is 12.1. The monoisotopic (exact) mass is 422 g/mol. The zero-order chi connectivity index (χ0) is 19.9. The first-order valence-corrected chi connectivity index (χ1v) is 9.51. The SMILES string of the molecule is O=C1CN(c2ccc(NC(=O)NCCOc3ccc(Cl)cc3)cc2Cl)CCN1. The predicted molar refractivity (Wildman–Crippen MR) is 111 cm³/mol. The summed E-state index contributed by atoms with van der Waals surface area (Å²) in [7, 11) is 0. The lowest BCUT2D eigenvalue weighted by molar-refractivity contribution is -0.120. The molecular weight excluding hydrogens is 403 g/mol. The molecule has 28 heavy (non-hydrogen) atoms. The van der Waals surface area contributed by atoms with Crippen molar-refractivity contribution in [2.45, 2.75) is 0 Å². The number of carbonyl (C=O) groups is 2.